The van der Waals surface area contributed by atoms with Gasteiger partial charge in [0.05, 0.1) is 19.8 Å². The summed E-state index contributed by atoms with van der Waals surface area (Å²) >= 11 is 0. The summed E-state index contributed by atoms with van der Waals surface area (Å²) in [6.07, 6.45) is 0. The minimum absolute atomic E-state index is 0.128. The maximum Gasteiger partial charge on any atom is 0.255 e. The highest BCUT2D eigenvalue weighted by Crippen LogP contribution is 2.25. The van der Waals surface area contributed by atoms with Crippen molar-refractivity contribution >= 4 is 5.91 Å². The van der Waals surface area contributed by atoms with Gasteiger partial charge in [0.25, 0.3) is 5.91 Å². The molecular weight excluding hydrogens is 302 g/mol. The van der Waals surface area contributed by atoms with Crippen LogP contribution < -0.4 is 14.8 Å². The SMILES string of the molecule is COc1ccc(C(C)(C)CNC(=O)c2cc(C)ccc2OC)cc1. The van der Waals surface area contributed by atoms with Gasteiger partial charge in [-0.3, -0.25) is 4.79 Å². The molecule has 0 fully saturated rings. The normalized spacial score (nSPS) is 11.0. The van der Waals surface area contributed by atoms with Crippen molar-refractivity contribution in [1.29, 1.82) is 0 Å². The Morgan fingerprint density at radius 2 is 1.71 bits per heavy atom. The first-order chi connectivity index (χ1) is 11.4. The van der Waals surface area contributed by atoms with Crippen LogP contribution in [0.25, 0.3) is 0 Å². The fourth-order valence-electron chi connectivity index (χ4n) is 2.54. The minimum atomic E-state index is -0.195. The van der Waals surface area contributed by atoms with Gasteiger partial charge in [0.2, 0.25) is 0 Å². The van der Waals surface area contributed by atoms with Crippen LogP contribution in [0.4, 0.5) is 0 Å². The number of benzene rings is 2. The quantitative estimate of drug-likeness (QED) is 0.879. The second kappa shape index (κ2) is 7.39. The molecule has 0 aromatic heterocycles. The van der Waals surface area contributed by atoms with Gasteiger partial charge in [-0.1, -0.05) is 37.6 Å². The van der Waals surface area contributed by atoms with Crippen LogP contribution >= 0.6 is 0 Å². The predicted molar refractivity (Wildman–Crippen MR) is 96.1 cm³/mol. The van der Waals surface area contributed by atoms with E-state index in [-0.39, 0.29) is 11.3 Å². The Kier molecular flexibility index (Phi) is 5.50. The Bertz CT molecular complexity index is 705. The lowest BCUT2D eigenvalue weighted by atomic mass is 9.84. The van der Waals surface area contributed by atoms with Gasteiger partial charge >= 0.3 is 0 Å². The smallest absolute Gasteiger partial charge is 0.255 e. The summed E-state index contributed by atoms with van der Waals surface area (Å²) in [5.41, 5.74) is 2.53. The summed E-state index contributed by atoms with van der Waals surface area (Å²) in [4.78, 5) is 12.5. The molecule has 2 aromatic rings. The zero-order valence-corrected chi connectivity index (χ0v) is 15.0. The molecule has 0 saturated heterocycles. The number of ether oxygens (including phenoxy) is 2. The number of carbonyl (C=O) groups is 1. The van der Waals surface area contributed by atoms with Crippen molar-refractivity contribution in [2.75, 3.05) is 20.8 Å². The fraction of sp³-hybridized carbons (Fsp3) is 0.350. The van der Waals surface area contributed by atoms with E-state index >= 15 is 0 Å². The second-order valence-corrected chi connectivity index (χ2v) is 6.50. The van der Waals surface area contributed by atoms with E-state index in [0.717, 1.165) is 16.9 Å². The summed E-state index contributed by atoms with van der Waals surface area (Å²) in [5.74, 6) is 1.28. The predicted octanol–water partition coefficient (Wildman–Crippen LogP) is 3.72. The molecule has 0 bridgehead atoms. The van der Waals surface area contributed by atoms with Crippen molar-refractivity contribution in [1.82, 2.24) is 5.32 Å². The zero-order valence-electron chi connectivity index (χ0n) is 15.0. The van der Waals surface area contributed by atoms with Gasteiger partial charge in [0.1, 0.15) is 11.5 Å². The topological polar surface area (TPSA) is 47.6 Å². The molecule has 128 valence electrons. The number of carbonyl (C=O) groups excluding carboxylic acids is 1. The Labute approximate surface area is 143 Å². The van der Waals surface area contributed by atoms with Crippen LogP contribution in [0.5, 0.6) is 11.5 Å². The van der Waals surface area contributed by atoms with E-state index in [1.165, 1.54) is 0 Å². The van der Waals surface area contributed by atoms with E-state index < -0.39 is 0 Å². The molecular formula is C20H25NO3. The third kappa shape index (κ3) is 4.07. The minimum Gasteiger partial charge on any atom is -0.497 e. The molecule has 0 radical (unpaired) electrons. The first kappa shape index (κ1) is 17.9. The number of hydrogen-bond acceptors (Lipinski definition) is 3. The van der Waals surface area contributed by atoms with Gasteiger partial charge in [0, 0.05) is 12.0 Å². The Morgan fingerprint density at radius 1 is 1.04 bits per heavy atom. The molecule has 1 N–H and O–H groups in total. The average molecular weight is 327 g/mol. The third-order valence-electron chi connectivity index (χ3n) is 4.16. The lowest BCUT2D eigenvalue weighted by Crippen LogP contribution is -2.36. The first-order valence-electron chi connectivity index (χ1n) is 7.95. The van der Waals surface area contributed by atoms with E-state index in [4.69, 9.17) is 9.47 Å². The highest BCUT2D eigenvalue weighted by atomic mass is 16.5. The zero-order chi connectivity index (χ0) is 17.7. The van der Waals surface area contributed by atoms with Gasteiger partial charge in [-0.2, -0.15) is 0 Å². The maximum atomic E-state index is 12.5. The van der Waals surface area contributed by atoms with Crippen LogP contribution in [0.2, 0.25) is 0 Å². The number of aryl methyl sites for hydroxylation is 1. The Morgan fingerprint density at radius 3 is 2.29 bits per heavy atom. The van der Waals surface area contributed by atoms with Crippen molar-refractivity contribution in [3.05, 3.63) is 59.2 Å². The van der Waals surface area contributed by atoms with Crippen LogP contribution in [0.1, 0.15) is 35.3 Å². The van der Waals surface area contributed by atoms with E-state index in [9.17, 15) is 4.79 Å². The van der Waals surface area contributed by atoms with Crippen LogP contribution in [-0.2, 0) is 5.41 Å². The van der Waals surface area contributed by atoms with E-state index in [1.807, 2.05) is 49.4 Å². The maximum absolute atomic E-state index is 12.5. The molecule has 0 aliphatic rings. The monoisotopic (exact) mass is 327 g/mol. The van der Waals surface area contributed by atoms with Gasteiger partial charge in [0.15, 0.2) is 0 Å². The Hall–Kier alpha value is -2.49. The molecule has 2 aromatic carbocycles. The number of nitrogens with one attached hydrogen (secondary N) is 1. The summed E-state index contributed by atoms with van der Waals surface area (Å²) in [6.45, 7) is 6.68. The highest BCUT2D eigenvalue weighted by Gasteiger charge is 2.22. The van der Waals surface area contributed by atoms with Crippen molar-refractivity contribution < 1.29 is 14.3 Å². The second-order valence-electron chi connectivity index (χ2n) is 6.50. The van der Waals surface area contributed by atoms with Crippen LogP contribution in [0, 0.1) is 6.92 Å². The number of methoxy groups -OCH3 is 2. The first-order valence-corrected chi connectivity index (χ1v) is 7.95. The summed E-state index contributed by atoms with van der Waals surface area (Å²) in [7, 11) is 3.22. The molecule has 24 heavy (non-hydrogen) atoms. The van der Waals surface area contributed by atoms with Crippen molar-refractivity contribution in [3.63, 3.8) is 0 Å². The van der Waals surface area contributed by atoms with Gasteiger partial charge in [-0.05, 0) is 36.8 Å². The van der Waals surface area contributed by atoms with Crippen LogP contribution in [0.15, 0.2) is 42.5 Å². The molecule has 4 heteroatoms. The molecule has 0 saturated carbocycles. The highest BCUT2D eigenvalue weighted by molar-refractivity contribution is 5.97. The van der Waals surface area contributed by atoms with Gasteiger partial charge in [-0.25, -0.2) is 0 Å². The van der Waals surface area contributed by atoms with E-state index in [1.54, 1.807) is 14.2 Å². The lowest BCUT2D eigenvalue weighted by Gasteiger charge is -2.26. The van der Waals surface area contributed by atoms with Crippen molar-refractivity contribution in [2.24, 2.45) is 0 Å². The standard InChI is InChI=1S/C20H25NO3/c1-14-6-11-18(24-5)17(12-14)19(22)21-13-20(2,3)15-7-9-16(23-4)10-8-15/h6-12H,13H2,1-5H3,(H,21,22). The van der Waals surface area contributed by atoms with Crippen molar-refractivity contribution in [3.8, 4) is 11.5 Å². The average Bonchev–Trinajstić information content (AvgIpc) is 2.59. The van der Waals surface area contributed by atoms with Gasteiger partial charge in [-0.15, -0.1) is 0 Å². The molecule has 0 unspecified atom stereocenters. The summed E-state index contributed by atoms with van der Waals surface area (Å²) < 4.78 is 10.5. The van der Waals surface area contributed by atoms with Crippen LogP contribution in [0.3, 0.4) is 0 Å². The number of hydrogen-bond donors (Lipinski definition) is 1. The lowest BCUT2D eigenvalue weighted by molar-refractivity contribution is 0.0942. The molecule has 0 spiro atoms. The van der Waals surface area contributed by atoms with Crippen molar-refractivity contribution in [2.45, 2.75) is 26.2 Å². The molecule has 2 rings (SSSR count). The molecule has 0 aliphatic carbocycles. The molecule has 1 amide bonds. The van der Waals surface area contributed by atoms with Gasteiger partial charge < -0.3 is 14.8 Å². The molecule has 0 heterocycles. The molecule has 0 aliphatic heterocycles. The van der Waals surface area contributed by atoms with E-state index in [0.29, 0.717) is 17.9 Å². The largest absolute Gasteiger partial charge is 0.497 e. The summed E-state index contributed by atoms with van der Waals surface area (Å²) in [5, 5.41) is 3.02. The molecule has 0 atom stereocenters. The fourth-order valence-corrected chi connectivity index (χ4v) is 2.54. The van der Waals surface area contributed by atoms with Crippen LogP contribution in [-0.4, -0.2) is 26.7 Å². The molecule has 4 nitrogen and oxygen atoms in total. The Balaban J connectivity index is 2.10. The number of rotatable bonds is 6. The van der Waals surface area contributed by atoms with E-state index in [2.05, 4.69) is 19.2 Å². The third-order valence-corrected chi connectivity index (χ3v) is 4.16. The number of amides is 1. The summed E-state index contributed by atoms with van der Waals surface area (Å²) in [6, 6.07) is 13.5.